The van der Waals surface area contributed by atoms with Crippen LogP contribution >= 0.6 is 0 Å². The average Bonchev–Trinajstić information content (AvgIpc) is 2.56. The summed E-state index contributed by atoms with van der Waals surface area (Å²) in [5, 5.41) is 2.36. The molecule has 0 saturated carbocycles. The zero-order chi connectivity index (χ0) is 18.9. The smallest absolute Gasteiger partial charge is 0.246 e. The minimum Gasteiger partial charge on any atom is -0.378 e. The van der Waals surface area contributed by atoms with Crippen LogP contribution in [0.25, 0.3) is 0 Å². The molecule has 1 heterocycles. The Bertz CT molecular complexity index is 494. The predicted octanol–water partition coefficient (Wildman–Crippen LogP) is 0.146. The molecule has 0 aliphatic carbocycles. The number of carbonyl (C=O) groups excluding carboxylic acids is 1. The van der Waals surface area contributed by atoms with Gasteiger partial charge in [-0.2, -0.15) is 4.31 Å². The molecule has 0 aromatic heterocycles. The largest absolute Gasteiger partial charge is 0.378 e. The van der Waals surface area contributed by atoms with Crippen molar-refractivity contribution in [1.82, 2.24) is 14.5 Å². The quantitative estimate of drug-likeness (QED) is 0.513. The third kappa shape index (κ3) is 8.46. The Morgan fingerprint density at radius 3 is 2.32 bits per heavy atom. The van der Waals surface area contributed by atoms with Crippen molar-refractivity contribution in [2.75, 3.05) is 59.1 Å². The zero-order valence-corrected chi connectivity index (χ0v) is 16.7. The summed E-state index contributed by atoms with van der Waals surface area (Å²) in [4.78, 5) is 13.6. The number of rotatable bonds is 11. The van der Waals surface area contributed by atoms with Crippen LogP contribution in [-0.2, 0) is 24.3 Å². The number of carbonyl (C=O) groups is 1. The normalized spacial score (nSPS) is 17.4. The lowest BCUT2D eigenvalue weighted by atomic mass is 10.3. The highest BCUT2D eigenvalue weighted by Crippen LogP contribution is 2.12. The molecule has 1 saturated heterocycles. The summed E-state index contributed by atoms with van der Waals surface area (Å²) in [7, 11) is -3.15. The molecule has 0 aromatic rings. The number of sulfonamides is 1. The Kier molecular flexibility index (Phi) is 9.88. The van der Waals surface area contributed by atoms with Gasteiger partial charge in [-0.3, -0.25) is 9.69 Å². The van der Waals surface area contributed by atoms with E-state index >= 15 is 0 Å². The highest BCUT2D eigenvalue weighted by molar-refractivity contribution is 7.89. The van der Waals surface area contributed by atoms with Gasteiger partial charge in [-0.15, -0.1) is 0 Å². The molecular weight excluding hydrogens is 346 g/mol. The van der Waals surface area contributed by atoms with Gasteiger partial charge in [0.2, 0.25) is 15.9 Å². The molecule has 8 nitrogen and oxygen atoms in total. The second-order valence-electron chi connectivity index (χ2n) is 6.66. The van der Waals surface area contributed by atoms with Crippen molar-refractivity contribution in [3.05, 3.63) is 0 Å². The van der Waals surface area contributed by atoms with Crippen molar-refractivity contribution in [1.29, 1.82) is 0 Å². The van der Waals surface area contributed by atoms with Gasteiger partial charge in [-0.05, 0) is 27.7 Å². The van der Waals surface area contributed by atoms with Crippen LogP contribution < -0.4 is 5.32 Å². The molecule has 9 heteroatoms. The van der Waals surface area contributed by atoms with E-state index < -0.39 is 10.0 Å². The van der Waals surface area contributed by atoms with E-state index in [9.17, 15) is 13.2 Å². The van der Waals surface area contributed by atoms with Crippen LogP contribution in [-0.4, -0.2) is 94.0 Å². The van der Waals surface area contributed by atoms with Gasteiger partial charge in [0.15, 0.2) is 0 Å². The third-order valence-corrected chi connectivity index (χ3v) is 6.23. The molecule has 1 aliphatic heterocycles. The van der Waals surface area contributed by atoms with Crippen LogP contribution in [0.2, 0.25) is 0 Å². The number of piperazine rings is 1. The lowest BCUT2D eigenvalue weighted by Gasteiger charge is -2.34. The molecule has 1 aliphatic rings. The number of ether oxygens (including phenoxy) is 2. The third-order valence-electron chi connectivity index (χ3n) is 3.96. The number of nitrogens with one attached hydrogen (secondary N) is 1. The van der Waals surface area contributed by atoms with Crippen molar-refractivity contribution in [2.24, 2.45) is 0 Å². The monoisotopic (exact) mass is 381 g/mol. The minimum atomic E-state index is -3.15. The van der Waals surface area contributed by atoms with Crippen LogP contribution in [0.4, 0.5) is 0 Å². The second kappa shape index (κ2) is 11.1. The van der Waals surface area contributed by atoms with E-state index in [1.807, 2.05) is 13.8 Å². The Labute approximate surface area is 153 Å². The first-order valence-electron chi connectivity index (χ1n) is 8.91. The summed E-state index contributed by atoms with van der Waals surface area (Å²) in [6, 6.07) is 0. The molecule has 0 atom stereocenters. The summed E-state index contributed by atoms with van der Waals surface area (Å²) >= 11 is 0. The molecule has 1 N–H and O–H groups in total. The van der Waals surface area contributed by atoms with E-state index in [0.717, 1.165) is 19.6 Å². The van der Waals surface area contributed by atoms with E-state index in [0.29, 0.717) is 32.8 Å². The van der Waals surface area contributed by atoms with Crippen molar-refractivity contribution in [3.63, 3.8) is 0 Å². The highest BCUT2D eigenvalue weighted by atomic mass is 32.2. The van der Waals surface area contributed by atoms with Crippen LogP contribution in [0.5, 0.6) is 0 Å². The molecule has 25 heavy (non-hydrogen) atoms. The molecule has 0 unspecified atom stereocenters. The molecule has 1 amide bonds. The molecule has 0 radical (unpaired) electrons. The molecule has 0 aromatic carbocycles. The maximum atomic E-state index is 12.1. The van der Waals surface area contributed by atoms with E-state index in [2.05, 4.69) is 10.2 Å². The molecular formula is C16H35N3O5S. The van der Waals surface area contributed by atoms with Crippen LogP contribution in [0.15, 0.2) is 0 Å². The van der Waals surface area contributed by atoms with Crippen molar-refractivity contribution in [2.45, 2.75) is 39.0 Å². The van der Waals surface area contributed by atoms with Gasteiger partial charge in [0, 0.05) is 40.7 Å². The number of amides is 1. The lowest BCUT2D eigenvalue weighted by Crippen LogP contribution is -2.50. The number of hydrogen-bond donors (Lipinski definition) is 1. The molecule has 0 spiro atoms. The Morgan fingerprint density at radius 1 is 1.12 bits per heavy atom. The van der Waals surface area contributed by atoms with Crippen LogP contribution in [0.3, 0.4) is 0 Å². The number of hydrogen-bond acceptors (Lipinski definition) is 6. The average molecular weight is 382 g/mol. The fourth-order valence-electron chi connectivity index (χ4n) is 2.36. The first-order valence-corrected chi connectivity index (χ1v) is 10.4. The van der Waals surface area contributed by atoms with Crippen molar-refractivity contribution < 1.29 is 24.1 Å². The summed E-state index contributed by atoms with van der Waals surface area (Å²) < 4.78 is 36.5. The molecule has 0 bridgehead atoms. The summed E-state index contributed by atoms with van der Waals surface area (Å²) in [5.74, 6) is -0.139. The van der Waals surface area contributed by atoms with Crippen molar-refractivity contribution in [3.8, 4) is 0 Å². The van der Waals surface area contributed by atoms with Gasteiger partial charge in [0.05, 0.1) is 24.6 Å². The van der Waals surface area contributed by atoms with E-state index in [4.69, 9.17) is 9.47 Å². The molecule has 1 rings (SSSR count). The minimum absolute atomic E-state index is 0. The van der Waals surface area contributed by atoms with Crippen molar-refractivity contribution >= 4 is 15.9 Å². The SMILES string of the molecule is CC(C)OCC(=O)NCCOCCN1CCN(S(=O)(=O)C(C)C)CC1.[HH]. The van der Waals surface area contributed by atoms with Gasteiger partial charge in [-0.1, -0.05) is 0 Å². The Hall–Kier alpha value is -0.740. The maximum absolute atomic E-state index is 12.1. The predicted molar refractivity (Wildman–Crippen MR) is 99.1 cm³/mol. The first kappa shape index (κ1) is 22.3. The van der Waals surface area contributed by atoms with E-state index in [1.54, 1.807) is 18.2 Å². The standard InChI is InChI=1S/C16H33N3O5S.H2/c1-14(2)24-13-16(20)17-5-11-23-12-10-18-6-8-19(9-7-18)25(21,22)15(3)4;/h14-15H,5-13H2,1-4H3,(H,17,20);1H. The first-order chi connectivity index (χ1) is 11.7. The van der Waals surface area contributed by atoms with E-state index in [-0.39, 0.29) is 25.3 Å². The topological polar surface area (TPSA) is 88.2 Å². The van der Waals surface area contributed by atoms with Gasteiger partial charge in [0.25, 0.3) is 0 Å². The van der Waals surface area contributed by atoms with Crippen LogP contribution in [0.1, 0.15) is 29.1 Å². The summed E-state index contributed by atoms with van der Waals surface area (Å²) in [5.41, 5.74) is 0. The van der Waals surface area contributed by atoms with Gasteiger partial charge in [-0.25, -0.2) is 8.42 Å². The second-order valence-corrected chi connectivity index (χ2v) is 9.15. The Balaban J connectivity index is 0.00000625. The highest BCUT2D eigenvalue weighted by Gasteiger charge is 2.28. The fourth-order valence-corrected chi connectivity index (χ4v) is 3.63. The van der Waals surface area contributed by atoms with Gasteiger partial charge >= 0.3 is 0 Å². The maximum Gasteiger partial charge on any atom is 0.246 e. The van der Waals surface area contributed by atoms with Gasteiger partial charge in [0.1, 0.15) is 6.61 Å². The zero-order valence-electron chi connectivity index (χ0n) is 15.9. The summed E-state index contributed by atoms with van der Waals surface area (Å²) in [6.45, 7) is 12.0. The number of nitrogens with zero attached hydrogens (tertiary/aromatic N) is 2. The van der Waals surface area contributed by atoms with Gasteiger partial charge < -0.3 is 14.8 Å². The van der Waals surface area contributed by atoms with E-state index in [1.165, 1.54) is 0 Å². The lowest BCUT2D eigenvalue weighted by molar-refractivity contribution is -0.127. The Morgan fingerprint density at radius 2 is 1.76 bits per heavy atom. The fraction of sp³-hybridized carbons (Fsp3) is 0.938. The summed E-state index contributed by atoms with van der Waals surface area (Å²) in [6.07, 6.45) is 0.0398. The van der Waals surface area contributed by atoms with Crippen LogP contribution in [0, 0.1) is 0 Å². The molecule has 150 valence electrons. The molecule has 1 fully saturated rings.